The summed E-state index contributed by atoms with van der Waals surface area (Å²) in [6, 6.07) is 5.79. The summed E-state index contributed by atoms with van der Waals surface area (Å²) < 4.78 is 79.6. The Morgan fingerprint density at radius 3 is 1.83 bits per heavy atom. The van der Waals surface area contributed by atoms with Crippen molar-refractivity contribution in [3.05, 3.63) is 63.7 Å². The van der Waals surface area contributed by atoms with Crippen LogP contribution < -0.4 is 22.1 Å². The Bertz CT molecular complexity index is 1130. The van der Waals surface area contributed by atoms with Crippen LogP contribution in [-0.4, -0.2) is 39.2 Å². The van der Waals surface area contributed by atoms with Gasteiger partial charge in [0.15, 0.2) is 5.96 Å². The van der Waals surface area contributed by atoms with E-state index in [1.165, 1.54) is 55.1 Å². The molecule has 0 aromatic heterocycles. The minimum absolute atomic E-state index is 0.0407. The summed E-state index contributed by atoms with van der Waals surface area (Å²) in [5, 5.41) is 0. The maximum absolute atomic E-state index is 12.5. The molecule has 0 saturated heterocycles. The first-order chi connectivity index (χ1) is 19.6. The Hall–Kier alpha value is -3.32. The maximum Gasteiger partial charge on any atom is 0.416 e. The molecule has 0 bridgehead atoms. The highest BCUT2D eigenvalue weighted by molar-refractivity contribution is 5.78. The van der Waals surface area contributed by atoms with E-state index in [-0.39, 0.29) is 11.6 Å². The number of rotatable bonds is 4. The number of aryl methyl sites for hydroxylation is 3. The first-order valence-electron chi connectivity index (χ1n) is 13.5. The summed E-state index contributed by atoms with van der Waals surface area (Å²) in [4.78, 5) is 16.4. The lowest BCUT2D eigenvalue weighted by molar-refractivity contribution is -0.143. The van der Waals surface area contributed by atoms with E-state index in [2.05, 4.69) is 22.9 Å². The third-order valence-electron chi connectivity index (χ3n) is 6.39. The molecule has 1 heterocycles. The molecule has 1 amide bonds. The zero-order valence-electron chi connectivity index (χ0n) is 24.4. The highest BCUT2D eigenvalue weighted by atomic mass is 19.4. The zero-order valence-corrected chi connectivity index (χ0v) is 24.4. The molecule has 0 unspecified atom stereocenters. The van der Waals surface area contributed by atoms with Gasteiger partial charge in [-0.05, 0) is 106 Å². The average molecular weight is 606 g/mol. The van der Waals surface area contributed by atoms with Crippen LogP contribution in [0, 0.1) is 0 Å². The predicted molar refractivity (Wildman–Crippen MR) is 153 cm³/mol. The van der Waals surface area contributed by atoms with E-state index >= 15 is 0 Å². The minimum Gasteiger partial charge on any atom is -0.382 e. The SMILES string of the molecule is CN.COC(C)C.NC(N)=NCc1cc(C(F)(F)F)cc(C(F)(F)F)c1.O=CN1CCCCc2cc3c(cc21)CCC3. The summed E-state index contributed by atoms with van der Waals surface area (Å²) in [5.41, 5.74) is 16.9. The number of nitrogens with zero attached hydrogens (tertiary/aromatic N) is 2. The fourth-order valence-corrected chi connectivity index (χ4v) is 4.25. The van der Waals surface area contributed by atoms with Crippen molar-refractivity contribution in [1.29, 1.82) is 0 Å². The number of nitrogens with two attached hydrogens (primary N) is 3. The number of benzene rings is 2. The second kappa shape index (κ2) is 17.0. The van der Waals surface area contributed by atoms with Gasteiger partial charge in [0.1, 0.15) is 0 Å². The third-order valence-corrected chi connectivity index (χ3v) is 6.39. The smallest absolute Gasteiger partial charge is 0.382 e. The number of amides is 1. The number of hydrogen-bond donors (Lipinski definition) is 3. The molecule has 7 nitrogen and oxygen atoms in total. The van der Waals surface area contributed by atoms with Crippen LogP contribution in [0.15, 0.2) is 35.3 Å². The summed E-state index contributed by atoms with van der Waals surface area (Å²) in [6.45, 7) is 4.42. The number of anilines is 1. The summed E-state index contributed by atoms with van der Waals surface area (Å²) in [5.74, 6) is -0.425. The van der Waals surface area contributed by atoms with Crippen LogP contribution in [0.5, 0.6) is 0 Å². The lowest BCUT2D eigenvalue weighted by Crippen LogP contribution is -2.22. The van der Waals surface area contributed by atoms with E-state index in [4.69, 9.17) is 16.2 Å². The van der Waals surface area contributed by atoms with Gasteiger partial charge in [-0.25, -0.2) is 4.99 Å². The summed E-state index contributed by atoms with van der Waals surface area (Å²) >= 11 is 0. The van der Waals surface area contributed by atoms with Gasteiger partial charge in [-0.1, -0.05) is 6.07 Å². The molecule has 1 aliphatic carbocycles. The lowest BCUT2D eigenvalue weighted by atomic mass is 10.0. The number of ether oxygens (including phenoxy) is 1. The molecular formula is C29H41F6N5O2. The van der Waals surface area contributed by atoms with Gasteiger partial charge in [0, 0.05) is 19.3 Å². The molecule has 4 rings (SSSR count). The lowest BCUT2D eigenvalue weighted by Gasteiger charge is -2.18. The average Bonchev–Trinajstić information content (AvgIpc) is 3.30. The molecule has 2 aliphatic rings. The van der Waals surface area contributed by atoms with E-state index in [0.717, 1.165) is 25.8 Å². The number of guanidine groups is 1. The number of carbonyl (C=O) groups excluding carboxylic acids is 1. The molecule has 0 fully saturated rings. The number of methoxy groups -OCH3 is 1. The van der Waals surface area contributed by atoms with Gasteiger partial charge < -0.3 is 26.8 Å². The topological polar surface area (TPSA) is 120 Å². The molecule has 42 heavy (non-hydrogen) atoms. The zero-order chi connectivity index (χ0) is 32.1. The second-order valence-corrected chi connectivity index (χ2v) is 9.80. The number of fused-ring (bicyclic) bond motifs is 2. The first kappa shape index (κ1) is 36.7. The normalized spacial score (nSPS) is 14.0. The first-order valence-corrected chi connectivity index (χ1v) is 13.5. The molecule has 2 aromatic carbocycles. The van der Waals surface area contributed by atoms with Crippen molar-refractivity contribution in [2.24, 2.45) is 22.2 Å². The fraction of sp³-hybridized carbons (Fsp3) is 0.517. The van der Waals surface area contributed by atoms with Crippen molar-refractivity contribution >= 4 is 18.1 Å². The number of aliphatic imine (C=N–C) groups is 1. The molecule has 2 aromatic rings. The van der Waals surface area contributed by atoms with Crippen LogP contribution in [0.2, 0.25) is 0 Å². The largest absolute Gasteiger partial charge is 0.416 e. The Labute approximate surface area is 243 Å². The van der Waals surface area contributed by atoms with Crippen LogP contribution in [0.1, 0.15) is 66.5 Å². The van der Waals surface area contributed by atoms with Gasteiger partial charge in [0.2, 0.25) is 6.41 Å². The number of hydrogen-bond acceptors (Lipinski definition) is 4. The highest BCUT2D eigenvalue weighted by Gasteiger charge is 2.36. The van der Waals surface area contributed by atoms with Gasteiger partial charge in [0.25, 0.3) is 0 Å². The standard InChI is InChI=1S/C14H17NO.C10H9F6N3.C4H10O.CH5N/c16-10-15-7-2-1-4-13-8-11-5-3-6-12(11)9-14(13)15;11-9(12,13)6-1-5(4-19-8(17)18)2-7(3-6)10(14,15)16;1-4(2)5-3;1-2/h8-10H,1-7H2;1-3H,4H2,(H4,17,18,19);4H,1-3H3;2H2,1H3. The Balaban J connectivity index is 0.000000347. The number of halogens is 6. The molecule has 13 heteroatoms. The third kappa shape index (κ3) is 11.9. The van der Waals surface area contributed by atoms with Crippen LogP contribution >= 0.6 is 0 Å². The Kier molecular flexibility index (Phi) is 14.8. The maximum atomic E-state index is 12.5. The van der Waals surface area contributed by atoms with E-state index in [0.29, 0.717) is 18.2 Å². The van der Waals surface area contributed by atoms with Gasteiger partial charge in [0.05, 0.1) is 23.8 Å². The van der Waals surface area contributed by atoms with Crippen molar-refractivity contribution in [2.45, 2.75) is 77.4 Å². The molecule has 236 valence electrons. The van der Waals surface area contributed by atoms with Gasteiger partial charge >= 0.3 is 12.4 Å². The van der Waals surface area contributed by atoms with E-state index in [9.17, 15) is 31.1 Å². The minimum atomic E-state index is -4.88. The molecular weight excluding hydrogens is 564 g/mol. The molecule has 0 radical (unpaired) electrons. The molecule has 0 atom stereocenters. The summed E-state index contributed by atoms with van der Waals surface area (Å²) in [6.07, 6.45) is -1.23. The van der Waals surface area contributed by atoms with Crippen molar-refractivity contribution < 1.29 is 35.9 Å². The van der Waals surface area contributed by atoms with Crippen molar-refractivity contribution in [2.75, 3.05) is 25.6 Å². The monoisotopic (exact) mass is 605 g/mol. The Morgan fingerprint density at radius 2 is 1.38 bits per heavy atom. The van der Waals surface area contributed by atoms with Gasteiger partial charge in [-0.15, -0.1) is 0 Å². The molecule has 6 N–H and O–H groups in total. The number of alkyl halides is 6. The van der Waals surface area contributed by atoms with Gasteiger partial charge in [-0.3, -0.25) is 4.79 Å². The van der Waals surface area contributed by atoms with Crippen LogP contribution in [-0.2, 0) is 47.7 Å². The van der Waals surface area contributed by atoms with Crippen LogP contribution in [0.4, 0.5) is 32.0 Å². The van der Waals surface area contributed by atoms with E-state index < -0.39 is 36.0 Å². The molecule has 0 spiro atoms. The summed E-state index contributed by atoms with van der Waals surface area (Å²) in [7, 11) is 3.20. The number of carbonyl (C=O) groups is 1. The van der Waals surface area contributed by atoms with Crippen molar-refractivity contribution in [1.82, 2.24) is 0 Å². The van der Waals surface area contributed by atoms with Gasteiger partial charge in [-0.2, -0.15) is 26.3 Å². The Morgan fingerprint density at radius 1 is 0.881 bits per heavy atom. The van der Waals surface area contributed by atoms with E-state index in [1.807, 2.05) is 18.7 Å². The highest BCUT2D eigenvalue weighted by Crippen LogP contribution is 2.36. The van der Waals surface area contributed by atoms with Crippen LogP contribution in [0.3, 0.4) is 0 Å². The second-order valence-electron chi connectivity index (χ2n) is 9.80. The van der Waals surface area contributed by atoms with E-state index in [1.54, 1.807) is 7.11 Å². The predicted octanol–water partition coefficient (Wildman–Crippen LogP) is 5.59. The van der Waals surface area contributed by atoms with Crippen molar-refractivity contribution in [3.8, 4) is 0 Å². The van der Waals surface area contributed by atoms with Crippen LogP contribution in [0.25, 0.3) is 0 Å². The molecule has 0 saturated carbocycles. The van der Waals surface area contributed by atoms with Crippen molar-refractivity contribution in [3.63, 3.8) is 0 Å². The fourth-order valence-electron chi connectivity index (χ4n) is 4.25. The quantitative estimate of drug-likeness (QED) is 0.182. The molecule has 1 aliphatic heterocycles.